The molecule has 2 N–H and O–H groups in total. The molecule has 0 bridgehead atoms. The zero-order valence-corrected chi connectivity index (χ0v) is 11.9. The second kappa shape index (κ2) is 5.98. The van der Waals surface area contributed by atoms with Crippen molar-refractivity contribution in [1.82, 2.24) is 0 Å². The molecule has 118 valence electrons. The molecule has 0 aromatic heterocycles. The number of hydrogen-bond acceptors (Lipinski definition) is 3. The van der Waals surface area contributed by atoms with Crippen LogP contribution in [-0.2, 0) is 22.8 Å². The van der Waals surface area contributed by atoms with Crippen LogP contribution in [0.4, 0.5) is 18.9 Å². The molecule has 0 aliphatic rings. The summed E-state index contributed by atoms with van der Waals surface area (Å²) in [6.45, 7) is -0.175. The van der Waals surface area contributed by atoms with Crippen LogP contribution in [0.2, 0.25) is 0 Å². The summed E-state index contributed by atoms with van der Waals surface area (Å²) in [7, 11) is -3.98. The molecule has 0 amide bonds. The van der Waals surface area contributed by atoms with Gasteiger partial charge in [0.05, 0.1) is 17.1 Å². The molecule has 2 aromatic carbocycles. The SMILES string of the molecule is O=S(=O)(Nc1ccc(CO)cc1)c1ccc(C(F)(F)F)cc1. The summed E-state index contributed by atoms with van der Waals surface area (Å²) in [5.74, 6) is 0. The van der Waals surface area contributed by atoms with Crippen LogP contribution in [-0.4, -0.2) is 13.5 Å². The summed E-state index contributed by atoms with van der Waals surface area (Å²) < 4.78 is 63.8. The first-order valence-electron chi connectivity index (χ1n) is 6.12. The number of rotatable bonds is 4. The number of nitrogens with one attached hydrogen (secondary N) is 1. The van der Waals surface area contributed by atoms with E-state index in [0.717, 1.165) is 12.1 Å². The largest absolute Gasteiger partial charge is 0.416 e. The molecular formula is C14H12F3NO3S. The first-order chi connectivity index (χ1) is 10.2. The lowest BCUT2D eigenvalue weighted by atomic mass is 10.2. The van der Waals surface area contributed by atoms with E-state index in [0.29, 0.717) is 17.7 Å². The van der Waals surface area contributed by atoms with Crippen molar-refractivity contribution in [3.05, 3.63) is 59.7 Å². The minimum Gasteiger partial charge on any atom is -0.392 e. The predicted molar refractivity (Wildman–Crippen MR) is 74.6 cm³/mol. The summed E-state index contributed by atoms with van der Waals surface area (Å²) in [4.78, 5) is -0.272. The van der Waals surface area contributed by atoms with Crippen LogP contribution >= 0.6 is 0 Å². The van der Waals surface area contributed by atoms with E-state index in [1.807, 2.05) is 0 Å². The molecule has 0 saturated heterocycles. The average molecular weight is 331 g/mol. The minimum absolute atomic E-state index is 0.175. The first-order valence-corrected chi connectivity index (χ1v) is 7.60. The third-order valence-electron chi connectivity index (χ3n) is 2.88. The Kier molecular flexibility index (Phi) is 4.43. The van der Waals surface area contributed by atoms with Gasteiger partial charge in [0.2, 0.25) is 0 Å². The molecule has 2 rings (SSSR count). The van der Waals surface area contributed by atoms with Crippen LogP contribution in [0.15, 0.2) is 53.4 Å². The maximum absolute atomic E-state index is 12.4. The quantitative estimate of drug-likeness (QED) is 0.905. The van der Waals surface area contributed by atoms with E-state index in [-0.39, 0.29) is 17.2 Å². The molecule has 4 nitrogen and oxygen atoms in total. The van der Waals surface area contributed by atoms with Gasteiger partial charge < -0.3 is 5.11 Å². The number of hydrogen-bond donors (Lipinski definition) is 2. The van der Waals surface area contributed by atoms with Crippen molar-refractivity contribution in [3.63, 3.8) is 0 Å². The molecule has 0 aliphatic carbocycles. The molecule has 8 heteroatoms. The Hall–Kier alpha value is -2.06. The standard InChI is InChI=1S/C14H12F3NO3S/c15-14(16,17)11-3-7-13(8-4-11)22(20,21)18-12-5-1-10(9-19)2-6-12/h1-8,18-19H,9H2. The van der Waals surface area contributed by atoms with E-state index < -0.39 is 21.8 Å². The normalized spacial score (nSPS) is 12.2. The molecule has 0 atom stereocenters. The van der Waals surface area contributed by atoms with Gasteiger partial charge in [-0.15, -0.1) is 0 Å². The van der Waals surface area contributed by atoms with Gasteiger partial charge in [0.25, 0.3) is 10.0 Å². The van der Waals surface area contributed by atoms with Crippen LogP contribution < -0.4 is 4.72 Å². The fourth-order valence-corrected chi connectivity index (χ4v) is 2.77. The highest BCUT2D eigenvalue weighted by Gasteiger charge is 2.30. The number of benzene rings is 2. The number of aliphatic hydroxyl groups excluding tert-OH is 1. The summed E-state index contributed by atoms with van der Waals surface area (Å²) in [5.41, 5.74) is -0.0617. The van der Waals surface area contributed by atoms with E-state index in [2.05, 4.69) is 4.72 Å². The molecule has 0 radical (unpaired) electrons. The fraction of sp³-hybridized carbons (Fsp3) is 0.143. The zero-order valence-electron chi connectivity index (χ0n) is 11.1. The monoisotopic (exact) mass is 331 g/mol. The summed E-state index contributed by atoms with van der Waals surface area (Å²) in [5, 5.41) is 8.90. The van der Waals surface area contributed by atoms with Gasteiger partial charge >= 0.3 is 6.18 Å². The highest BCUT2D eigenvalue weighted by molar-refractivity contribution is 7.92. The Morgan fingerprint density at radius 1 is 0.955 bits per heavy atom. The number of alkyl halides is 3. The van der Waals surface area contributed by atoms with Crippen LogP contribution in [0.25, 0.3) is 0 Å². The lowest BCUT2D eigenvalue weighted by Crippen LogP contribution is -2.13. The third kappa shape index (κ3) is 3.77. The number of halogens is 3. The van der Waals surface area contributed by atoms with Gasteiger partial charge in [0.15, 0.2) is 0 Å². The molecular weight excluding hydrogens is 319 g/mol. The molecule has 0 spiro atoms. The van der Waals surface area contributed by atoms with Crippen LogP contribution in [0.3, 0.4) is 0 Å². The second-order valence-electron chi connectivity index (χ2n) is 4.48. The summed E-state index contributed by atoms with van der Waals surface area (Å²) in [6, 6.07) is 9.18. The van der Waals surface area contributed by atoms with Gasteiger partial charge in [-0.25, -0.2) is 8.42 Å². The fourth-order valence-electron chi connectivity index (χ4n) is 1.72. The van der Waals surface area contributed by atoms with Gasteiger partial charge in [-0.1, -0.05) is 12.1 Å². The molecule has 0 fully saturated rings. The van der Waals surface area contributed by atoms with Gasteiger partial charge in [0.1, 0.15) is 0 Å². The first kappa shape index (κ1) is 16.3. The van der Waals surface area contributed by atoms with Crippen molar-refractivity contribution in [2.24, 2.45) is 0 Å². The zero-order chi connectivity index (χ0) is 16.4. The molecule has 0 heterocycles. The van der Waals surface area contributed by atoms with Crippen molar-refractivity contribution in [1.29, 1.82) is 0 Å². The van der Waals surface area contributed by atoms with E-state index in [1.54, 1.807) is 0 Å². The number of anilines is 1. The molecule has 2 aromatic rings. The number of aliphatic hydroxyl groups is 1. The predicted octanol–water partition coefficient (Wildman–Crippen LogP) is 3.00. The van der Waals surface area contributed by atoms with E-state index in [4.69, 9.17) is 5.11 Å². The Balaban J connectivity index is 2.22. The van der Waals surface area contributed by atoms with Crippen molar-refractivity contribution in [3.8, 4) is 0 Å². The molecule has 0 aliphatic heterocycles. The van der Waals surface area contributed by atoms with E-state index in [9.17, 15) is 21.6 Å². The van der Waals surface area contributed by atoms with Crippen molar-refractivity contribution < 1.29 is 26.7 Å². The Morgan fingerprint density at radius 3 is 1.95 bits per heavy atom. The van der Waals surface area contributed by atoms with Gasteiger partial charge in [-0.3, -0.25) is 4.72 Å². The van der Waals surface area contributed by atoms with Crippen LogP contribution in [0.5, 0.6) is 0 Å². The van der Waals surface area contributed by atoms with Crippen molar-refractivity contribution in [2.45, 2.75) is 17.7 Å². The Labute approximate surface area is 125 Å². The molecule has 0 saturated carbocycles. The maximum Gasteiger partial charge on any atom is 0.416 e. The lowest BCUT2D eigenvalue weighted by molar-refractivity contribution is -0.137. The Morgan fingerprint density at radius 2 is 1.50 bits per heavy atom. The molecule has 22 heavy (non-hydrogen) atoms. The van der Waals surface area contributed by atoms with E-state index in [1.165, 1.54) is 24.3 Å². The highest BCUT2D eigenvalue weighted by Crippen LogP contribution is 2.30. The maximum atomic E-state index is 12.4. The van der Waals surface area contributed by atoms with Crippen LogP contribution in [0.1, 0.15) is 11.1 Å². The lowest BCUT2D eigenvalue weighted by Gasteiger charge is -2.10. The van der Waals surface area contributed by atoms with Gasteiger partial charge in [0, 0.05) is 5.69 Å². The number of sulfonamides is 1. The minimum atomic E-state index is -4.52. The topological polar surface area (TPSA) is 66.4 Å². The highest BCUT2D eigenvalue weighted by atomic mass is 32.2. The molecule has 0 unspecified atom stereocenters. The van der Waals surface area contributed by atoms with Crippen molar-refractivity contribution in [2.75, 3.05) is 4.72 Å². The van der Waals surface area contributed by atoms with Gasteiger partial charge in [-0.05, 0) is 42.0 Å². The third-order valence-corrected chi connectivity index (χ3v) is 4.28. The smallest absolute Gasteiger partial charge is 0.392 e. The van der Waals surface area contributed by atoms with Crippen LogP contribution in [0, 0.1) is 0 Å². The summed E-state index contributed by atoms with van der Waals surface area (Å²) >= 11 is 0. The van der Waals surface area contributed by atoms with Crippen molar-refractivity contribution >= 4 is 15.7 Å². The average Bonchev–Trinajstić information content (AvgIpc) is 2.47. The second-order valence-corrected chi connectivity index (χ2v) is 6.17. The van der Waals surface area contributed by atoms with Gasteiger partial charge in [-0.2, -0.15) is 13.2 Å². The van der Waals surface area contributed by atoms with E-state index >= 15 is 0 Å². The summed E-state index contributed by atoms with van der Waals surface area (Å²) in [6.07, 6.45) is -4.52. The Bertz CT molecular complexity index is 738.